The maximum atomic E-state index is 12.0. The van der Waals surface area contributed by atoms with E-state index in [1.807, 2.05) is 11.5 Å². The van der Waals surface area contributed by atoms with Crippen LogP contribution in [0.25, 0.3) is 0 Å². The van der Waals surface area contributed by atoms with E-state index in [4.69, 9.17) is 0 Å². The maximum absolute atomic E-state index is 12.0. The standard InChI is InChI=1S/C11H19F3N6/c1-3-9-19-18-8-20(9)7-6-17-10(15-2)16-5-4-11(12,13)14/h8H,3-7H2,1-2H3,(H2,15,16,17). The first-order valence-corrected chi connectivity index (χ1v) is 6.34. The zero-order valence-electron chi connectivity index (χ0n) is 11.5. The van der Waals surface area contributed by atoms with Gasteiger partial charge in [0.2, 0.25) is 0 Å². The van der Waals surface area contributed by atoms with E-state index in [0.29, 0.717) is 19.0 Å². The van der Waals surface area contributed by atoms with Crippen LogP contribution in [0.15, 0.2) is 11.3 Å². The molecule has 1 heterocycles. The predicted molar refractivity (Wildman–Crippen MR) is 69.4 cm³/mol. The Kier molecular flexibility index (Phi) is 6.26. The molecular formula is C11H19F3N6. The SMILES string of the molecule is CCc1nncn1CCNC(=NC)NCCC(F)(F)F. The molecule has 0 aliphatic carbocycles. The van der Waals surface area contributed by atoms with Gasteiger partial charge in [-0.15, -0.1) is 10.2 Å². The fraction of sp³-hybridized carbons (Fsp3) is 0.727. The molecule has 1 rings (SSSR count). The number of alkyl halides is 3. The van der Waals surface area contributed by atoms with Crippen LogP contribution in [-0.4, -0.2) is 47.0 Å². The van der Waals surface area contributed by atoms with Crippen LogP contribution in [0.4, 0.5) is 13.2 Å². The highest BCUT2D eigenvalue weighted by atomic mass is 19.4. The van der Waals surface area contributed by atoms with Gasteiger partial charge in [-0.25, -0.2) is 0 Å². The molecule has 0 fully saturated rings. The van der Waals surface area contributed by atoms with Crippen LogP contribution in [0.5, 0.6) is 0 Å². The summed E-state index contributed by atoms with van der Waals surface area (Å²) >= 11 is 0. The Morgan fingerprint density at radius 3 is 2.65 bits per heavy atom. The third-order valence-electron chi connectivity index (χ3n) is 2.58. The third-order valence-corrected chi connectivity index (χ3v) is 2.58. The summed E-state index contributed by atoms with van der Waals surface area (Å²) in [5.41, 5.74) is 0. The van der Waals surface area contributed by atoms with Crippen molar-refractivity contribution in [2.75, 3.05) is 20.1 Å². The van der Waals surface area contributed by atoms with Gasteiger partial charge in [0.05, 0.1) is 6.42 Å². The summed E-state index contributed by atoms with van der Waals surface area (Å²) in [6, 6.07) is 0. The van der Waals surface area contributed by atoms with E-state index in [1.165, 1.54) is 7.05 Å². The van der Waals surface area contributed by atoms with Crippen molar-refractivity contribution in [3.63, 3.8) is 0 Å². The smallest absolute Gasteiger partial charge is 0.356 e. The number of nitrogens with one attached hydrogen (secondary N) is 2. The average molecular weight is 292 g/mol. The Balaban J connectivity index is 2.28. The monoisotopic (exact) mass is 292 g/mol. The van der Waals surface area contributed by atoms with Gasteiger partial charge in [0.1, 0.15) is 12.2 Å². The van der Waals surface area contributed by atoms with E-state index >= 15 is 0 Å². The first kappa shape index (κ1) is 16.3. The van der Waals surface area contributed by atoms with Crippen molar-refractivity contribution in [2.45, 2.75) is 32.5 Å². The molecule has 0 unspecified atom stereocenters. The van der Waals surface area contributed by atoms with Gasteiger partial charge in [-0.1, -0.05) is 6.92 Å². The van der Waals surface area contributed by atoms with E-state index in [1.54, 1.807) is 6.33 Å². The van der Waals surface area contributed by atoms with E-state index in [9.17, 15) is 13.2 Å². The summed E-state index contributed by atoms with van der Waals surface area (Å²) in [5, 5.41) is 13.3. The summed E-state index contributed by atoms with van der Waals surface area (Å²) in [7, 11) is 1.51. The lowest BCUT2D eigenvalue weighted by atomic mass is 10.4. The first-order valence-electron chi connectivity index (χ1n) is 6.34. The number of nitrogens with zero attached hydrogens (tertiary/aromatic N) is 4. The van der Waals surface area contributed by atoms with Gasteiger partial charge in [0.25, 0.3) is 0 Å². The lowest BCUT2D eigenvalue weighted by Gasteiger charge is -2.13. The number of hydrogen-bond donors (Lipinski definition) is 2. The number of aromatic nitrogens is 3. The molecule has 2 N–H and O–H groups in total. The van der Waals surface area contributed by atoms with Crippen molar-refractivity contribution in [1.29, 1.82) is 0 Å². The zero-order valence-corrected chi connectivity index (χ0v) is 11.5. The highest BCUT2D eigenvalue weighted by Crippen LogP contribution is 2.17. The molecule has 6 nitrogen and oxygen atoms in total. The number of aryl methyl sites for hydroxylation is 1. The number of aliphatic imine (C=N–C) groups is 1. The summed E-state index contributed by atoms with van der Waals surface area (Å²) in [4.78, 5) is 3.86. The van der Waals surface area contributed by atoms with Crippen molar-refractivity contribution in [3.05, 3.63) is 12.2 Å². The molecule has 1 aromatic rings. The van der Waals surface area contributed by atoms with Crippen LogP contribution in [0.1, 0.15) is 19.2 Å². The minimum absolute atomic E-state index is 0.198. The van der Waals surface area contributed by atoms with E-state index in [2.05, 4.69) is 25.8 Å². The normalized spacial score (nSPS) is 12.6. The van der Waals surface area contributed by atoms with Gasteiger partial charge in [0, 0.05) is 33.1 Å². The van der Waals surface area contributed by atoms with Crippen LogP contribution < -0.4 is 10.6 Å². The quantitative estimate of drug-likeness (QED) is 0.605. The second-order valence-electron chi connectivity index (χ2n) is 4.09. The third kappa shape index (κ3) is 5.89. The minimum Gasteiger partial charge on any atom is -0.356 e. The molecule has 0 saturated carbocycles. The van der Waals surface area contributed by atoms with Gasteiger partial charge >= 0.3 is 6.18 Å². The molecule has 114 valence electrons. The molecule has 0 bridgehead atoms. The van der Waals surface area contributed by atoms with E-state index in [0.717, 1.165) is 12.2 Å². The van der Waals surface area contributed by atoms with Crippen molar-refractivity contribution < 1.29 is 13.2 Å². The van der Waals surface area contributed by atoms with Crippen LogP contribution in [0.2, 0.25) is 0 Å². The topological polar surface area (TPSA) is 67.1 Å². The van der Waals surface area contributed by atoms with Crippen molar-refractivity contribution >= 4 is 5.96 Å². The van der Waals surface area contributed by atoms with Crippen molar-refractivity contribution in [2.24, 2.45) is 4.99 Å². The summed E-state index contributed by atoms with van der Waals surface area (Å²) in [5.74, 6) is 1.21. The first-order chi connectivity index (χ1) is 9.46. The molecule has 0 aliphatic rings. The van der Waals surface area contributed by atoms with Gasteiger partial charge in [-0.3, -0.25) is 4.99 Å². The Bertz CT molecular complexity index is 426. The minimum atomic E-state index is -4.16. The van der Waals surface area contributed by atoms with Gasteiger partial charge < -0.3 is 15.2 Å². The predicted octanol–water partition coefficient (Wildman–Crippen LogP) is 0.958. The van der Waals surface area contributed by atoms with Gasteiger partial charge in [-0.2, -0.15) is 13.2 Å². The molecule has 0 atom stereocenters. The Labute approximate surface area is 115 Å². The fourth-order valence-electron chi connectivity index (χ4n) is 1.58. The molecule has 0 aromatic carbocycles. The van der Waals surface area contributed by atoms with Crippen molar-refractivity contribution in [1.82, 2.24) is 25.4 Å². The lowest BCUT2D eigenvalue weighted by molar-refractivity contribution is -0.132. The van der Waals surface area contributed by atoms with Crippen LogP contribution >= 0.6 is 0 Å². The van der Waals surface area contributed by atoms with Crippen molar-refractivity contribution in [3.8, 4) is 0 Å². The number of hydrogen-bond acceptors (Lipinski definition) is 3. The molecule has 0 spiro atoms. The zero-order chi connectivity index (χ0) is 15.0. The number of guanidine groups is 1. The average Bonchev–Trinajstić information content (AvgIpc) is 2.83. The van der Waals surface area contributed by atoms with Crippen LogP contribution in [0, 0.1) is 0 Å². The van der Waals surface area contributed by atoms with E-state index < -0.39 is 12.6 Å². The molecule has 0 saturated heterocycles. The maximum Gasteiger partial charge on any atom is 0.390 e. The summed E-state index contributed by atoms with van der Waals surface area (Å²) in [6.07, 6.45) is -2.65. The Morgan fingerprint density at radius 2 is 2.05 bits per heavy atom. The summed E-state index contributed by atoms with van der Waals surface area (Å²) < 4.78 is 37.9. The molecule has 0 aliphatic heterocycles. The second-order valence-corrected chi connectivity index (χ2v) is 4.09. The Morgan fingerprint density at radius 1 is 1.35 bits per heavy atom. The summed E-state index contributed by atoms with van der Waals surface area (Å²) in [6.45, 7) is 2.93. The molecule has 9 heteroatoms. The molecular weight excluding hydrogens is 273 g/mol. The largest absolute Gasteiger partial charge is 0.390 e. The molecule has 0 amide bonds. The Hall–Kier alpha value is -1.80. The number of halogens is 3. The fourth-order valence-corrected chi connectivity index (χ4v) is 1.58. The van der Waals surface area contributed by atoms with Gasteiger partial charge in [-0.05, 0) is 0 Å². The second kappa shape index (κ2) is 7.71. The molecule has 1 aromatic heterocycles. The highest BCUT2D eigenvalue weighted by Gasteiger charge is 2.26. The van der Waals surface area contributed by atoms with Crippen LogP contribution in [-0.2, 0) is 13.0 Å². The molecule has 20 heavy (non-hydrogen) atoms. The van der Waals surface area contributed by atoms with Gasteiger partial charge in [0.15, 0.2) is 5.96 Å². The highest BCUT2D eigenvalue weighted by molar-refractivity contribution is 5.79. The number of rotatable bonds is 6. The molecule has 0 radical (unpaired) electrons. The van der Waals surface area contributed by atoms with Crippen LogP contribution in [0.3, 0.4) is 0 Å². The lowest BCUT2D eigenvalue weighted by Crippen LogP contribution is -2.40. The van der Waals surface area contributed by atoms with E-state index in [-0.39, 0.29) is 6.54 Å².